The maximum atomic E-state index is 12.3. The van der Waals surface area contributed by atoms with E-state index in [1.165, 1.54) is 11.3 Å². The van der Waals surface area contributed by atoms with Gasteiger partial charge in [0.25, 0.3) is 0 Å². The molecule has 7 heteroatoms. The van der Waals surface area contributed by atoms with E-state index in [0.29, 0.717) is 36.9 Å². The molecule has 1 aromatic carbocycles. The number of amides is 1. The molecule has 0 bridgehead atoms. The zero-order chi connectivity index (χ0) is 16.2. The van der Waals surface area contributed by atoms with Gasteiger partial charge >= 0.3 is 0 Å². The van der Waals surface area contributed by atoms with Crippen molar-refractivity contribution < 1.29 is 14.3 Å². The highest BCUT2D eigenvalue weighted by atomic mass is 32.1. The molecule has 2 heterocycles. The van der Waals surface area contributed by atoms with Crippen LogP contribution in [0.15, 0.2) is 23.6 Å². The molecule has 3 N–H and O–H groups in total. The number of fused-ring (bicyclic) bond motifs is 1. The summed E-state index contributed by atoms with van der Waals surface area (Å²) in [6, 6.07) is 5.74. The smallest absolute Gasteiger partial charge is 0.226 e. The Labute approximate surface area is 138 Å². The molecule has 0 radical (unpaired) electrons. The van der Waals surface area contributed by atoms with E-state index in [4.69, 9.17) is 15.2 Å². The van der Waals surface area contributed by atoms with E-state index < -0.39 is 0 Å². The molecule has 6 nitrogen and oxygen atoms in total. The van der Waals surface area contributed by atoms with Crippen LogP contribution in [-0.2, 0) is 17.6 Å². The maximum Gasteiger partial charge on any atom is 0.226 e. The van der Waals surface area contributed by atoms with Gasteiger partial charge in [0, 0.05) is 18.3 Å². The number of benzene rings is 1. The summed E-state index contributed by atoms with van der Waals surface area (Å²) in [7, 11) is 1.61. The van der Waals surface area contributed by atoms with Gasteiger partial charge in [0.15, 0.2) is 16.6 Å². The number of thiazole rings is 1. The predicted molar refractivity (Wildman–Crippen MR) is 88.9 cm³/mol. The third-order valence-electron chi connectivity index (χ3n) is 3.80. The summed E-state index contributed by atoms with van der Waals surface area (Å²) in [5.41, 5.74) is 7.50. The molecule has 1 aromatic heterocycles. The lowest BCUT2D eigenvalue weighted by Crippen LogP contribution is -2.38. The molecule has 0 unspecified atom stereocenters. The number of para-hydroxylation sites is 1. The zero-order valence-corrected chi connectivity index (χ0v) is 13.7. The van der Waals surface area contributed by atoms with Crippen LogP contribution >= 0.6 is 11.3 Å². The van der Waals surface area contributed by atoms with Gasteiger partial charge in [-0.25, -0.2) is 4.98 Å². The van der Waals surface area contributed by atoms with Crippen LogP contribution in [0.1, 0.15) is 11.3 Å². The monoisotopic (exact) mass is 333 g/mol. The molecule has 122 valence electrons. The van der Waals surface area contributed by atoms with Gasteiger partial charge in [0.05, 0.1) is 18.7 Å². The van der Waals surface area contributed by atoms with Gasteiger partial charge in [0.2, 0.25) is 5.91 Å². The lowest BCUT2D eigenvalue weighted by Gasteiger charge is -2.25. The second-order valence-electron chi connectivity index (χ2n) is 5.38. The lowest BCUT2D eigenvalue weighted by molar-refractivity contribution is -0.126. The van der Waals surface area contributed by atoms with Crippen LogP contribution < -0.4 is 20.5 Å². The number of carbonyl (C=O) groups is 1. The average molecular weight is 333 g/mol. The molecule has 0 spiro atoms. The van der Waals surface area contributed by atoms with E-state index in [-0.39, 0.29) is 11.8 Å². The van der Waals surface area contributed by atoms with Crippen molar-refractivity contribution in [3.8, 4) is 11.5 Å². The largest absolute Gasteiger partial charge is 0.493 e. The van der Waals surface area contributed by atoms with Crippen LogP contribution in [-0.4, -0.2) is 31.2 Å². The number of nitrogen functional groups attached to an aromatic ring is 1. The quantitative estimate of drug-likeness (QED) is 0.869. The van der Waals surface area contributed by atoms with E-state index >= 15 is 0 Å². The first-order valence-corrected chi connectivity index (χ1v) is 8.31. The Morgan fingerprint density at radius 1 is 1.57 bits per heavy atom. The van der Waals surface area contributed by atoms with Crippen molar-refractivity contribution in [3.63, 3.8) is 0 Å². The van der Waals surface area contributed by atoms with Crippen molar-refractivity contribution in [2.75, 3.05) is 26.0 Å². The normalized spacial score (nSPS) is 16.3. The second kappa shape index (κ2) is 6.87. The van der Waals surface area contributed by atoms with Crippen molar-refractivity contribution in [1.82, 2.24) is 10.3 Å². The lowest BCUT2D eigenvalue weighted by atomic mass is 9.95. The molecule has 0 saturated carbocycles. The summed E-state index contributed by atoms with van der Waals surface area (Å²) in [6.45, 7) is 0.909. The molecule has 2 aromatic rings. The predicted octanol–water partition coefficient (Wildman–Crippen LogP) is 1.64. The summed E-state index contributed by atoms with van der Waals surface area (Å²) >= 11 is 1.41. The Kier molecular flexibility index (Phi) is 4.66. The number of nitrogens with zero attached hydrogens (tertiary/aromatic N) is 1. The minimum atomic E-state index is -0.185. The molecular formula is C16H19N3O3S. The van der Waals surface area contributed by atoms with E-state index in [1.54, 1.807) is 7.11 Å². The van der Waals surface area contributed by atoms with Gasteiger partial charge in [-0.15, -0.1) is 11.3 Å². The van der Waals surface area contributed by atoms with Crippen molar-refractivity contribution in [2.24, 2.45) is 5.92 Å². The van der Waals surface area contributed by atoms with Crippen LogP contribution in [0.3, 0.4) is 0 Å². The topological polar surface area (TPSA) is 86.5 Å². The number of nitrogens with one attached hydrogen (secondary N) is 1. The minimum absolute atomic E-state index is 0.00155. The van der Waals surface area contributed by atoms with Crippen molar-refractivity contribution >= 4 is 22.4 Å². The molecule has 0 saturated heterocycles. The second-order valence-corrected chi connectivity index (χ2v) is 6.27. The summed E-state index contributed by atoms with van der Waals surface area (Å²) in [5, 5.41) is 5.41. The highest BCUT2D eigenvalue weighted by molar-refractivity contribution is 7.13. The third kappa shape index (κ3) is 3.56. The van der Waals surface area contributed by atoms with Crippen molar-refractivity contribution in [2.45, 2.75) is 12.8 Å². The number of rotatable bonds is 5. The van der Waals surface area contributed by atoms with E-state index in [9.17, 15) is 4.79 Å². The molecule has 0 aliphatic carbocycles. The number of methoxy groups -OCH3 is 1. The van der Waals surface area contributed by atoms with Crippen LogP contribution in [0.2, 0.25) is 0 Å². The van der Waals surface area contributed by atoms with Gasteiger partial charge < -0.3 is 20.5 Å². The van der Waals surface area contributed by atoms with Gasteiger partial charge in [-0.2, -0.15) is 0 Å². The highest BCUT2D eigenvalue weighted by Gasteiger charge is 2.27. The Hall–Kier alpha value is -2.28. The standard InChI is InChI=1S/C16H19N3O3S/c1-21-13-4-2-3-10-7-11(8-22-14(10)13)15(20)18-6-5-12-9-23-16(17)19-12/h2-4,9,11H,5-8H2,1H3,(H2,17,19)(H,18,20)/t11-/m1/s1. The number of hydrogen-bond acceptors (Lipinski definition) is 6. The minimum Gasteiger partial charge on any atom is -0.493 e. The number of aromatic nitrogens is 1. The first kappa shape index (κ1) is 15.6. The van der Waals surface area contributed by atoms with E-state index in [1.807, 2.05) is 23.6 Å². The van der Waals surface area contributed by atoms with Crippen molar-refractivity contribution in [3.05, 3.63) is 34.8 Å². The van der Waals surface area contributed by atoms with Crippen molar-refractivity contribution in [1.29, 1.82) is 0 Å². The summed E-state index contributed by atoms with van der Waals surface area (Å²) in [6.07, 6.45) is 1.33. The Morgan fingerprint density at radius 3 is 3.17 bits per heavy atom. The van der Waals surface area contributed by atoms with Crippen LogP contribution in [0.5, 0.6) is 11.5 Å². The Morgan fingerprint density at radius 2 is 2.43 bits per heavy atom. The molecular weight excluding hydrogens is 314 g/mol. The molecule has 1 atom stereocenters. The maximum absolute atomic E-state index is 12.3. The number of nitrogens with two attached hydrogens (primary N) is 1. The number of ether oxygens (including phenoxy) is 2. The number of anilines is 1. The SMILES string of the molecule is COc1cccc2c1OC[C@H](C(=O)NCCc1csc(N)n1)C2. The average Bonchev–Trinajstić information content (AvgIpc) is 2.99. The first-order chi connectivity index (χ1) is 11.2. The van der Waals surface area contributed by atoms with E-state index in [0.717, 1.165) is 17.0 Å². The molecule has 3 rings (SSSR count). The highest BCUT2D eigenvalue weighted by Crippen LogP contribution is 2.35. The van der Waals surface area contributed by atoms with Gasteiger partial charge in [0.1, 0.15) is 6.61 Å². The molecule has 1 aliphatic rings. The van der Waals surface area contributed by atoms with Gasteiger partial charge in [-0.1, -0.05) is 12.1 Å². The van der Waals surface area contributed by atoms with Gasteiger partial charge in [-0.05, 0) is 18.1 Å². The summed E-state index contributed by atoms with van der Waals surface area (Å²) in [5.74, 6) is 1.27. The van der Waals surface area contributed by atoms with Crippen LogP contribution in [0, 0.1) is 5.92 Å². The Balaban J connectivity index is 1.54. The fourth-order valence-electron chi connectivity index (χ4n) is 2.62. The zero-order valence-electron chi connectivity index (χ0n) is 12.9. The first-order valence-electron chi connectivity index (χ1n) is 7.43. The van der Waals surface area contributed by atoms with Crippen LogP contribution in [0.4, 0.5) is 5.13 Å². The Bertz CT molecular complexity index is 702. The van der Waals surface area contributed by atoms with E-state index in [2.05, 4.69) is 10.3 Å². The molecule has 1 aliphatic heterocycles. The van der Waals surface area contributed by atoms with Crippen LogP contribution in [0.25, 0.3) is 0 Å². The molecule has 0 fully saturated rings. The number of hydrogen-bond donors (Lipinski definition) is 2. The summed E-state index contributed by atoms with van der Waals surface area (Å²) in [4.78, 5) is 16.5. The van der Waals surface area contributed by atoms with Gasteiger partial charge in [-0.3, -0.25) is 4.79 Å². The summed E-state index contributed by atoms with van der Waals surface area (Å²) < 4.78 is 11.0. The molecule has 23 heavy (non-hydrogen) atoms. The number of carbonyl (C=O) groups excluding carboxylic acids is 1. The fraction of sp³-hybridized carbons (Fsp3) is 0.375. The fourth-order valence-corrected chi connectivity index (χ4v) is 3.22. The third-order valence-corrected chi connectivity index (χ3v) is 4.52. The molecule has 1 amide bonds.